The van der Waals surface area contributed by atoms with Gasteiger partial charge in [-0.2, -0.15) is 0 Å². The van der Waals surface area contributed by atoms with Crippen LogP contribution in [0.3, 0.4) is 0 Å². The number of ether oxygens (including phenoxy) is 1. The molecule has 1 fully saturated rings. The van der Waals surface area contributed by atoms with Gasteiger partial charge in [-0.25, -0.2) is 0 Å². The van der Waals surface area contributed by atoms with Gasteiger partial charge in [0.05, 0.1) is 29.5 Å². The number of carbonyl (C=O) groups excluding carboxylic acids is 3. The number of thioether (sulfide) groups is 1. The summed E-state index contributed by atoms with van der Waals surface area (Å²) >= 11 is 1.25. The van der Waals surface area contributed by atoms with Gasteiger partial charge in [0.15, 0.2) is 5.78 Å². The van der Waals surface area contributed by atoms with E-state index in [2.05, 4.69) is 31.3 Å². The van der Waals surface area contributed by atoms with Crippen LogP contribution in [-0.4, -0.2) is 41.9 Å². The smallest absolute Gasteiger partial charge is 0.240 e. The number of methoxy groups -OCH3 is 1. The highest BCUT2D eigenvalue weighted by molar-refractivity contribution is 8.04. The SMILES string of the molecule is COc1ccccc1C(=O)/C=C1/SCC(=O)N1CC(=O)NC(C)c1ccc(C(C)C)cc1. The van der Waals surface area contributed by atoms with E-state index in [1.807, 2.05) is 19.1 Å². The molecule has 0 aromatic heterocycles. The van der Waals surface area contributed by atoms with Crippen LogP contribution < -0.4 is 10.1 Å². The fourth-order valence-electron chi connectivity index (χ4n) is 3.42. The molecular formula is C25H28N2O4S. The van der Waals surface area contributed by atoms with Crippen LogP contribution in [-0.2, 0) is 9.59 Å². The Morgan fingerprint density at radius 2 is 1.75 bits per heavy atom. The highest BCUT2D eigenvalue weighted by Crippen LogP contribution is 2.30. The second-order valence-corrected chi connectivity index (χ2v) is 8.92. The Bertz CT molecular complexity index is 1030. The third-order valence-electron chi connectivity index (χ3n) is 5.32. The predicted octanol–water partition coefficient (Wildman–Crippen LogP) is 4.30. The van der Waals surface area contributed by atoms with E-state index in [-0.39, 0.29) is 35.9 Å². The van der Waals surface area contributed by atoms with Gasteiger partial charge in [-0.3, -0.25) is 19.3 Å². The van der Waals surface area contributed by atoms with Crippen LogP contribution in [0.5, 0.6) is 5.75 Å². The van der Waals surface area contributed by atoms with Crippen molar-refractivity contribution in [3.8, 4) is 5.75 Å². The zero-order valence-electron chi connectivity index (χ0n) is 18.8. The van der Waals surface area contributed by atoms with Crippen molar-refractivity contribution in [2.45, 2.75) is 32.7 Å². The minimum Gasteiger partial charge on any atom is -0.496 e. The highest BCUT2D eigenvalue weighted by atomic mass is 32.2. The standard InChI is InChI=1S/C25H28N2O4S/c1-16(2)18-9-11-19(12-10-18)17(3)26-23(29)14-27-24(30)15-32-25(27)13-21(28)20-7-5-6-8-22(20)31-4/h5-13,16-17H,14-15H2,1-4H3,(H,26,29)/b25-13+. The van der Waals surface area contributed by atoms with Crippen LogP contribution >= 0.6 is 11.8 Å². The third kappa shape index (κ3) is 5.59. The van der Waals surface area contributed by atoms with E-state index in [1.54, 1.807) is 24.3 Å². The quantitative estimate of drug-likeness (QED) is 0.478. The number of para-hydroxylation sites is 1. The van der Waals surface area contributed by atoms with Gasteiger partial charge in [-0.1, -0.05) is 62.0 Å². The minimum atomic E-state index is -0.281. The lowest BCUT2D eigenvalue weighted by Gasteiger charge is -2.20. The van der Waals surface area contributed by atoms with E-state index in [0.717, 1.165) is 5.56 Å². The number of hydrogen-bond donors (Lipinski definition) is 1. The summed E-state index contributed by atoms with van der Waals surface area (Å²) in [6, 6.07) is 14.9. The summed E-state index contributed by atoms with van der Waals surface area (Å²) in [6.45, 7) is 6.04. The van der Waals surface area contributed by atoms with E-state index >= 15 is 0 Å². The van der Waals surface area contributed by atoms with Gasteiger partial charge in [0.25, 0.3) is 0 Å². The fourth-order valence-corrected chi connectivity index (χ4v) is 4.36. The molecule has 0 radical (unpaired) electrons. The van der Waals surface area contributed by atoms with E-state index in [4.69, 9.17) is 4.74 Å². The second kappa shape index (κ2) is 10.5. The Kier molecular flexibility index (Phi) is 7.75. The molecule has 6 nitrogen and oxygen atoms in total. The Labute approximate surface area is 193 Å². The largest absolute Gasteiger partial charge is 0.496 e. The summed E-state index contributed by atoms with van der Waals surface area (Å²) < 4.78 is 5.25. The first-order valence-electron chi connectivity index (χ1n) is 10.5. The number of nitrogens with one attached hydrogen (secondary N) is 1. The van der Waals surface area contributed by atoms with Crippen molar-refractivity contribution in [1.29, 1.82) is 0 Å². The molecule has 2 amide bonds. The monoisotopic (exact) mass is 452 g/mol. The molecule has 7 heteroatoms. The van der Waals surface area contributed by atoms with Gasteiger partial charge >= 0.3 is 0 Å². The van der Waals surface area contributed by atoms with Crippen LogP contribution in [0.2, 0.25) is 0 Å². The summed E-state index contributed by atoms with van der Waals surface area (Å²) in [7, 11) is 1.50. The summed E-state index contributed by atoms with van der Waals surface area (Å²) in [4.78, 5) is 39.1. The maximum atomic E-state index is 12.7. The number of carbonyl (C=O) groups is 3. The molecule has 1 aliphatic rings. The van der Waals surface area contributed by atoms with Gasteiger partial charge in [-0.05, 0) is 36.1 Å². The molecule has 1 heterocycles. The number of amides is 2. The zero-order valence-corrected chi connectivity index (χ0v) is 19.6. The average Bonchev–Trinajstić information content (AvgIpc) is 3.12. The summed E-state index contributed by atoms with van der Waals surface area (Å²) in [5, 5.41) is 3.41. The van der Waals surface area contributed by atoms with Crippen molar-refractivity contribution in [3.63, 3.8) is 0 Å². The highest BCUT2D eigenvalue weighted by Gasteiger charge is 2.29. The Morgan fingerprint density at radius 3 is 2.41 bits per heavy atom. The summed E-state index contributed by atoms with van der Waals surface area (Å²) in [5.41, 5.74) is 2.64. The van der Waals surface area contributed by atoms with E-state index in [1.165, 1.54) is 35.4 Å². The molecule has 1 N–H and O–H groups in total. The van der Waals surface area contributed by atoms with Gasteiger partial charge in [0, 0.05) is 6.08 Å². The molecule has 0 aliphatic carbocycles. The maximum absolute atomic E-state index is 12.7. The topological polar surface area (TPSA) is 75.7 Å². The second-order valence-electron chi connectivity index (χ2n) is 7.93. The minimum absolute atomic E-state index is 0.134. The zero-order chi connectivity index (χ0) is 23.3. The molecule has 1 atom stereocenters. The van der Waals surface area contributed by atoms with Crippen LogP contribution in [0.4, 0.5) is 0 Å². The van der Waals surface area contributed by atoms with E-state index in [9.17, 15) is 14.4 Å². The molecule has 1 saturated heterocycles. The van der Waals surface area contributed by atoms with E-state index < -0.39 is 0 Å². The van der Waals surface area contributed by atoms with Crippen LogP contribution in [0, 0.1) is 0 Å². The first-order chi connectivity index (χ1) is 15.3. The molecule has 32 heavy (non-hydrogen) atoms. The first-order valence-corrected chi connectivity index (χ1v) is 11.5. The van der Waals surface area contributed by atoms with Gasteiger partial charge in [0.2, 0.25) is 11.8 Å². The molecule has 0 spiro atoms. The summed E-state index contributed by atoms with van der Waals surface area (Å²) in [5.74, 6) is 0.352. The number of nitrogens with zero attached hydrogens (tertiary/aromatic N) is 1. The van der Waals surface area contributed by atoms with Crippen molar-refractivity contribution < 1.29 is 19.1 Å². The van der Waals surface area contributed by atoms with Gasteiger partial charge in [-0.15, -0.1) is 0 Å². The average molecular weight is 453 g/mol. The van der Waals surface area contributed by atoms with Crippen LogP contribution in [0.25, 0.3) is 0 Å². The molecule has 1 unspecified atom stereocenters. The molecule has 0 saturated carbocycles. The van der Waals surface area contributed by atoms with E-state index in [0.29, 0.717) is 22.3 Å². The van der Waals surface area contributed by atoms with Gasteiger partial charge < -0.3 is 10.1 Å². The van der Waals surface area contributed by atoms with Crippen LogP contribution in [0.1, 0.15) is 54.2 Å². The normalized spacial score (nSPS) is 15.8. The number of rotatable bonds is 8. The molecule has 2 aromatic carbocycles. The molecule has 2 aromatic rings. The van der Waals surface area contributed by atoms with Crippen molar-refractivity contribution in [2.75, 3.05) is 19.4 Å². The lowest BCUT2D eigenvalue weighted by molar-refractivity contribution is -0.131. The molecule has 1 aliphatic heterocycles. The number of ketones is 1. The molecule has 168 valence electrons. The molecular weight excluding hydrogens is 424 g/mol. The van der Waals surface area contributed by atoms with Crippen molar-refractivity contribution in [2.24, 2.45) is 0 Å². The van der Waals surface area contributed by atoms with Crippen molar-refractivity contribution in [3.05, 3.63) is 76.3 Å². The number of hydrogen-bond acceptors (Lipinski definition) is 5. The molecule has 0 bridgehead atoms. The Hall–Kier alpha value is -3.06. The fraction of sp³-hybridized carbons (Fsp3) is 0.320. The third-order valence-corrected chi connectivity index (χ3v) is 6.35. The Morgan fingerprint density at radius 1 is 1.09 bits per heavy atom. The Balaban J connectivity index is 1.68. The number of benzene rings is 2. The predicted molar refractivity (Wildman–Crippen MR) is 127 cm³/mol. The van der Waals surface area contributed by atoms with Crippen LogP contribution in [0.15, 0.2) is 59.6 Å². The van der Waals surface area contributed by atoms with Crippen molar-refractivity contribution in [1.82, 2.24) is 10.2 Å². The number of allylic oxidation sites excluding steroid dienone is 1. The maximum Gasteiger partial charge on any atom is 0.240 e. The lowest BCUT2D eigenvalue weighted by Crippen LogP contribution is -2.38. The first kappa shape index (κ1) is 23.6. The summed E-state index contributed by atoms with van der Waals surface area (Å²) in [6.07, 6.45) is 1.40. The van der Waals surface area contributed by atoms with Crippen molar-refractivity contribution >= 4 is 29.4 Å². The lowest BCUT2D eigenvalue weighted by atomic mass is 9.99. The van der Waals surface area contributed by atoms with Gasteiger partial charge in [0.1, 0.15) is 12.3 Å². The molecule has 3 rings (SSSR count).